The summed E-state index contributed by atoms with van der Waals surface area (Å²) < 4.78 is 28.1. The maximum absolute atomic E-state index is 14.0. The molecule has 1 heterocycles. The number of aliphatic hydroxyl groups is 1. The van der Waals surface area contributed by atoms with Gasteiger partial charge in [-0.05, 0) is 72.9 Å². The highest BCUT2D eigenvalue weighted by Crippen LogP contribution is 2.38. The first kappa shape index (κ1) is 32.0. The zero-order valence-electron chi connectivity index (χ0n) is 25.0. The van der Waals surface area contributed by atoms with Gasteiger partial charge in [-0.1, -0.05) is 64.3 Å². The number of aliphatic carboxylic acids is 1. The number of carboxylic acids is 1. The van der Waals surface area contributed by atoms with Gasteiger partial charge in [0.25, 0.3) is 0 Å². The molecule has 2 fully saturated rings. The number of aliphatic hydroxyl groups excluding tert-OH is 1. The summed E-state index contributed by atoms with van der Waals surface area (Å²) in [5, 5.41) is 27.4. The van der Waals surface area contributed by atoms with E-state index >= 15 is 0 Å². The lowest BCUT2D eigenvalue weighted by Crippen LogP contribution is -2.56. The van der Waals surface area contributed by atoms with Crippen LogP contribution in [0.4, 0.5) is 8.78 Å². The average molecular weight is 586 g/mol. The van der Waals surface area contributed by atoms with Crippen LogP contribution >= 0.6 is 0 Å². The SMILES string of the molecule is CC(C)(C)c1cccc(C2(NC[C@@H](O)[C@H](Cc3cc(F)cc(F)c3)NC(=O)C3CCCN3CC(=O)O)CCCCC2)c1. The van der Waals surface area contributed by atoms with Crippen molar-refractivity contribution in [3.63, 3.8) is 0 Å². The third-order valence-corrected chi connectivity index (χ3v) is 8.81. The van der Waals surface area contributed by atoms with Gasteiger partial charge in [-0.25, -0.2) is 8.78 Å². The topological polar surface area (TPSA) is 102 Å². The largest absolute Gasteiger partial charge is 0.480 e. The number of likely N-dealkylation sites (tertiary alicyclic amines) is 1. The molecule has 9 heteroatoms. The third-order valence-electron chi connectivity index (χ3n) is 8.81. The lowest BCUT2D eigenvalue weighted by atomic mass is 9.74. The Kier molecular flexibility index (Phi) is 10.4. The van der Waals surface area contributed by atoms with Crippen molar-refractivity contribution in [1.82, 2.24) is 15.5 Å². The lowest BCUT2D eigenvalue weighted by molar-refractivity contribution is -0.139. The number of carbonyl (C=O) groups is 2. The van der Waals surface area contributed by atoms with Gasteiger partial charge in [0.2, 0.25) is 5.91 Å². The van der Waals surface area contributed by atoms with E-state index < -0.39 is 35.8 Å². The van der Waals surface area contributed by atoms with Crippen LogP contribution in [0.1, 0.15) is 82.4 Å². The van der Waals surface area contributed by atoms with E-state index in [0.717, 1.165) is 38.2 Å². The van der Waals surface area contributed by atoms with Crippen LogP contribution in [0, 0.1) is 11.6 Å². The van der Waals surface area contributed by atoms with Crippen molar-refractivity contribution >= 4 is 11.9 Å². The van der Waals surface area contributed by atoms with E-state index in [2.05, 4.69) is 55.7 Å². The van der Waals surface area contributed by atoms with Gasteiger partial charge in [-0.2, -0.15) is 0 Å². The number of hydrogen-bond acceptors (Lipinski definition) is 5. The monoisotopic (exact) mass is 585 g/mol. The number of carboxylic acid groups (broad SMARTS) is 1. The van der Waals surface area contributed by atoms with Crippen molar-refractivity contribution in [2.75, 3.05) is 19.6 Å². The van der Waals surface area contributed by atoms with Crippen molar-refractivity contribution in [3.05, 3.63) is 70.8 Å². The van der Waals surface area contributed by atoms with Crippen molar-refractivity contribution in [1.29, 1.82) is 0 Å². The minimum atomic E-state index is -1.07. The molecule has 0 spiro atoms. The lowest BCUT2D eigenvalue weighted by Gasteiger charge is -2.41. The smallest absolute Gasteiger partial charge is 0.317 e. The number of rotatable bonds is 11. The number of amides is 1. The standard InChI is InChI=1S/C33H45F2N3O4/c1-32(2,3)23-9-7-10-24(18-23)33(12-5-4-6-13-33)36-20-29(39)27(17-22-15-25(34)19-26(35)16-22)37-31(42)28-11-8-14-38(28)21-30(40)41/h7,9-10,15-16,18-19,27-29,36,39H,4-6,8,11-14,17,20-21H2,1-3H3,(H,37,42)(H,40,41)/t27-,28?,29+/m0/s1. The molecule has 4 N–H and O–H groups in total. The van der Waals surface area contributed by atoms with Crippen LogP contribution in [0.3, 0.4) is 0 Å². The summed E-state index contributed by atoms with van der Waals surface area (Å²) >= 11 is 0. The Morgan fingerprint density at radius 2 is 1.74 bits per heavy atom. The third kappa shape index (κ3) is 8.14. The van der Waals surface area contributed by atoms with E-state index in [4.69, 9.17) is 0 Å². The molecule has 4 rings (SSSR count). The van der Waals surface area contributed by atoms with E-state index in [1.54, 1.807) is 4.90 Å². The van der Waals surface area contributed by atoms with Crippen LogP contribution < -0.4 is 10.6 Å². The van der Waals surface area contributed by atoms with Crippen LogP contribution in [0.25, 0.3) is 0 Å². The zero-order valence-corrected chi connectivity index (χ0v) is 25.0. The fourth-order valence-electron chi connectivity index (χ4n) is 6.48. The molecule has 1 saturated carbocycles. The van der Waals surface area contributed by atoms with Crippen LogP contribution in [0.2, 0.25) is 0 Å². The fraction of sp³-hybridized carbons (Fsp3) is 0.576. The molecule has 0 radical (unpaired) electrons. The van der Waals surface area contributed by atoms with Gasteiger partial charge in [-0.15, -0.1) is 0 Å². The highest BCUT2D eigenvalue weighted by Gasteiger charge is 2.37. The van der Waals surface area contributed by atoms with Crippen LogP contribution in [-0.2, 0) is 27.0 Å². The Morgan fingerprint density at radius 3 is 2.38 bits per heavy atom. The van der Waals surface area contributed by atoms with Crippen molar-refractivity contribution < 1.29 is 28.6 Å². The molecule has 230 valence electrons. The summed E-state index contributed by atoms with van der Waals surface area (Å²) in [4.78, 5) is 26.3. The van der Waals surface area contributed by atoms with Gasteiger partial charge in [0.15, 0.2) is 0 Å². The summed E-state index contributed by atoms with van der Waals surface area (Å²) in [5.41, 5.74) is 2.35. The van der Waals surface area contributed by atoms with E-state index in [1.165, 1.54) is 23.3 Å². The number of carbonyl (C=O) groups excluding carboxylic acids is 1. The second-order valence-corrected chi connectivity index (χ2v) is 13.0. The zero-order chi connectivity index (χ0) is 30.5. The summed E-state index contributed by atoms with van der Waals surface area (Å²) in [6.07, 6.45) is 5.19. The van der Waals surface area contributed by atoms with E-state index in [1.807, 2.05) is 0 Å². The number of hydrogen-bond donors (Lipinski definition) is 4. The predicted molar refractivity (Wildman–Crippen MR) is 158 cm³/mol. The van der Waals surface area contributed by atoms with Gasteiger partial charge >= 0.3 is 5.97 Å². The highest BCUT2D eigenvalue weighted by atomic mass is 19.1. The molecule has 1 aliphatic heterocycles. The molecule has 1 saturated heterocycles. The Labute approximate surface area is 247 Å². The Balaban J connectivity index is 1.56. The van der Waals surface area contributed by atoms with E-state index in [9.17, 15) is 28.6 Å². The predicted octanol–water partition coefficient (Wildman–Crippen LogP) is 4.65. The first-order chi connectivity index (χ1) is 19.9. The molecule has 1 aliphatic carbocycles. The van der Waals surface area contributed by atoms with Crippen LogP contribution in [0.5, 0.6) is 0 Å². The molecule has 0 bridgehead atoms. The number of benzene rings is 2. The summed E-state index contributed by atoms with van der Waals surface area (Å²) in [7, 11) is 0. The summed E-state index contributed by atoms with van der Waals surface area (Å²) in [6.45, 7) is 6.94. The number of halogens is 2. The second kappa shape index (κ2) is 13.6. The van der Waals surface area contributed by atoms with Gasteiger partial charge < -0.3 is 20.8 Å². The van der Waals surface area contributed by atoms with Gasteiger partial charge in [0, 0.05) is 18.2 Å². The van der Waals surface area contributed by atoms with E-state index in [-0.39, 0.29) is 36.4 Å². The van der Waals surface area contributed by atoms with Gasteiger partial charge in [-0.3, -0.25) is 14.5 Å². The molecular weight excluding hydrogens is 540 g/mol. The first-order valence-corrected chi connectivity index (χ1v) is 15.1. The Bertz CT molecular complexity index is 1220. The number of nitrogens with zero attached hydrogens (tertiary/aromatic N) is 1. The van der Waals surface area contributed by atoms with Gasteiger partial charge in [0.1, 0.15) is 11.6 Å². The molecule has 1 amide bonds. The molecule has 1 unspecified atom stereocenters. The molecular formula is C33H45F2N3O4. The highest BCUT2D eigenvalue weighted by molar-refractivity contribution is 5.83. The number of nitrogens with one attached hydrogen (secondary N) is 2. The average Bonchev–Trinajstić information content (AvgIpc) is 3.38. The van der Waals surface area contributed by atoms with Crippen molar-refractivity contribution in [3.8, 4) is 0 Å². The molecule has 2 aliphatic rings. The molecule has 3 atom stereocenters. The molecule has 2 aromatic rings. The van der Waals surface area contributed by atoms with E-state index in [0.29, 0.717) is 24.9 Å². The molecule has 42 heavy (non-hydrogen) atoms. The maximum atomic E-state index is 14.0. The first-order valence-electron chi connectivity index (χ1n) is 15.1. The summed E-state index contributed by atoms with van der Waals surface area (Å²) in [5.74, 6) is -2.86. The maximum Gasteiger partial charge on any atom is 0.317 e. The van der Waals surface area contributed by atoms with Crippen LogP contribution in [0.15, 0.2) is 42.5 Å². The Morgan fingerprint density at radius 1 is 1.05 bits per heavy atom. The normalized spacial score (nSPS) is 20.7. The minimum Gasteiger partial charge on any atom is -0.480 e. The molecule has 2 aromatic carbocycles. The van der Waals surface area contributed by atoms with Gasteiger partial charge in [0.05, 0.1) is 24.7 Å². The second-order valence-electron chi connectivity index (χ2n) is 13.0. The van der Waals surface area contributed by atoms with Crippen molar-refractivity contribution in [2.24, 2.45) is 0 Å². The summed E-state index contributed by atoms with van der Waals surface area (Å²) in [6, 6.07) is 10.3. The minimum absolute atomic E-state index is 0.0153. The Hall–Kier alpha value is -2.88. The molecule has 7 nitrogen and oxygen atoms in total. The van der Waals surface area contributed by atoms with Crippen molar-refractivity contribution in [2.45, 2.75) is 101 Å². The molecule has 0 aromatic heterocycles. The van der Waals surface area contributed by atoms with Crippen LogP contribution in [-0.4, -0.2) is 64.8 Å². The fourth-order valence-corrected chi connectivity index (χ4v) is 6.48. The quantitative estimate of drug-likeness (QED) is 0.306.